The van der Waals surface area contributed by atoms with Gasteiger partial charge >= 0.3 is 0 Å². The number of benzene rings is 1. The molecule has 3 nitrogen and oxygen atoms in total. The molecule has 3 heteroatoms. The summed E-state index contributed by atoms with van der Waals surface area (Å²) in [4.78, 5) is 10.0. The molecule has 0 unspecified atom stereocenters. The zero-order valence-corrected chi connectivity index (χ0v) is 6.68. The summed E-state index contributed by atoms with van der Waals surface area (Å²) in [5.74, 6) is 0. The van der Waals surface area contributed by atoms with Gasteiger partial charge in [-0.05, 0) is 12.0 Å². The maximum atomic E-state index is 10.0. The molecule has 0 amide bonds. The molecule has 12 heavy (non-hydrogen) atoms. The van der Waals surface area contributed by atoms with E-state index in [0.29, 0.717) is 6.04 Å². The van der Waals surface area contributed by atoms with Crippen LogP contribution in [0.3, 0.4) is 0 Å². The van der Waals surface area contributed by atoms with E-state index in [-0.39, 0.29) is 0 Å². The Morgan fingerprint density at radius 3 is 2.75 bits per heavy atom. The Labute approximate surface area is 70.9 Å². The van der Waals surface area contributed by atoms with Crippen LogP contribution in [0, 0.1) is 4.91 Å². The predicted octanol–water partition coefficient (Wildman–Crippen LogP) is 1.59. The fourth-order valence-corrected chi connectivity index (χ4v) is 1.32. The highest BCUT2D eigenvalue weighted by Crippen LogP contribution is 2.21. The number of nitroso groups, excluding NO2 is 1. The van der Waals surface area contributed by atoms with E-state index in [9.17, 15) is 4.91 Å². The minimum atomic E-state index is 0.352. The Morgan fingerprint density at radius 1 is 1.42 bits per heavy atom. The SMILES string of the molecule is O=NN1C[C@@H]1Cc1ccccc1. The first kappa shape index (κ1) is 7.28. The molecule has 2 rings (SSSR count). The van der Waals surface area contributed by atoms with Crippen molar-refractivity contribution in [2.75, 3.05) is 6.54 Å². The van der Waals surface area contributed by atoms with Crippen LogP contribution in [0.4, 0.5) is 0 Å². The summed E-state index contributed by atoms with van der Waals surface area (Å²) in [6, 6.07) is 10.5. The summed E-state index contributed by atoms with van der Waals surface area (Å²) in [7, 11) is 0. The van der Waals surface area contributed by atoms with Gasteiger partial charge in [-0.3, -0.25) is 5.01 Å². The Hall–Kier alpha value is -1.38. The van der Waals surface area contributed by atoms with Gasteiger partial charge < -0.3 is 0 Å². The molecule has 0 N–H and O–H groups in total. The molecule has 1 atom stereocenters. The second-order valence-electron chi connectivity index (χ2n) is 3.05. The highest BCUT2D eigenvalue weighted by Gasteiger charge is 2.34. The van der Waals surface area contributed by atoms with Crippen LogP contribution in [0.5, 0.6) is 0 Å². The quantitative estimate of drug-likeness (QED) is 0.499. The summed E-state index contributed by atoms with van der Waals surface area (Å²) in [5, 5.41) is 4.42. The normalized spacial score (nSPS) is 20.7. The topological polar surface area (TPSA) is 32.4 Å². The molecule has 1 aromatic carbocycles. The third-order valence-corrected chi connectivity index (χ3v) is 2.10. The van der Waals surface area contributed by atoms with E-state index >= 15 is 0 Å². The van der Waals surface area contributed by atoms with Crippen molar-refractivity contribution in [3.63, 3.8) is 0 Å². The van der Waals surface area contributed by atoms with E-state index in [2.05, 4.69) is 17.4 Å². The molecule has 0 aromatic heterocycles. The standard InChI is InChI=1S/C9H10N2O/c12-10-11-7-9(11)6-8-4-2-1-3-5-8/h1-5,9H,6-7H2/t9-,11?/m0/s1. The van der Waals surface area contributed by atoms with Gasteiger partial charge in [0.15, 0.2) is 0 Å². The lowest BCUT2D eigenvalue weighted by Gasteiger charge is -1.96. The van der Waals surface area contributed by atoms with E-state index in [1.165, 1.54) is 5.56 Å². The van der Waals surface area contributed by atoms with Crippen molar-refractivity contribution < 1.29 is 0 Å². The lowest BCUT2D eigenvalue weighted by atomic mass is 10.1. The molecule has 0 radical (unpaired) electrons. The predicted molar refractivity (Wildman–Crippen MR) is 46.4 cm³/mol. The van der Waals surface area contributed by atoms with Crippen LogP contribution in [0.2, 0.25) is 0 Å². The minimum Gasteiger partial charge on any atom is -0.254 e. The lowest BCUT2D eigenvalue weighted by molar-refractivity contribution is 0.533. The molecular formula is C9H10N2O. The van der Waals surface area contributed by atoms with Gasteiger partial charge in [-0.25, -0.2) is 0 Å². The van der Waals surface area contributed by atoms with Crippen LogP contribution < -0.4 is 0 Å². The maximum Gasteiger partial charge on any atom is 0.0736 e. The van der Waals surface area contributed by atoms with Crippen molar-refractivity contribution in [3.05, 3.63) is 40.8 Å². The van der Waals surface area contributed by atoms with Crippen LogP contribution in [-0.2, 0) is 6.42 Å². The van der Waals surface area contributed by atoms with Crippen molar-refractivity contribution in [2.24, 2.45) is 5.29 Å². The Morgan fingerprint density at radius 2 is 2.17 bits per heavy atom. The first-order valence-corrected chi connectivity index (χ1v) is 4.04. The molecule has 1 heterocycles. The van der Waals surface area contributed by atoms with E-state index in [0.717, 1.165) is 13.0 Å². The number of hydrogen-bond donors (Lipinski definition) is 0. The summed E-state index contributed by atoms with van der Waals surface area (Å²) >= 11 is 0. The molecule has 1 aromatic rings. The Balaban J connectivity index is 1.93. The second kappa shape index (κ2) is 2.93. The monoisotopic (exact) mass is 162 g/mol. The second-order valence-corrected chi connectivity index (χ2v) is 3.05. The Kier molecular flexibility index (Phi) is 1.78. The molecule has 1 aliphatic heterocycles. The number of hydrogen-bond acceptors (Lipinski definition) is 2. The zero-order chi connectivity index (χ0) is 8.39. The van der Waals surface area contributed by atoms with E-state index < -0.39 is 0 Å². The largest absolute Gasteiger partial charge is 0.254 e. The van der Waals surface area contributed by atoms with Crippen molar-refractivity contribution in [2.45, 2.75) is 12.5 Å². The van der Waals surface area contributed by atoms with Gasteiger partial charge in [0.05, 0.1) is 17.9 Å². The molecule has 0 spiro atoms. The van der Waals surface area contributed by atoms with Gasteiger partial charge in [-0.2, -0.15) is 0 Å². The number of nitrogens with zero attached hydrogens (tertiary/aromatic N) is 2. The first-order valence-electron chi connectivity index (χ1n) is 4.04. The van der Waals surface area contributed by atoms with Gasteiger partial charge in [0.25, 0.3) is 0 Å². The van der Waals surface area contributed by atoms with Crippen LogP contribution in [-0.4, -0.2) is 17.6 Å². The number of rotatable bonds is 3. The molecule has 1 aliphatic rings. The highest BCUT2D eigenvalue weighted by molar-refractivity contribution is 5.17. The van der Waals surface area contributed by atoms with Gasteiger partial charge in [-0.1, -0.05) is 30.3 Å². The Bertz CT molecular complexity index is 273. The highest BCUT2D eigenvalue weighted by atomic mass is 16.3. The molecule has 0 aliphatic carbocycles. The fraction of sp³-hybridized carbons (Fsp3) is 0.333. The third-order valence-electron chi connectivity index (χ3n) is 2.10. The van der Waals surface area contributed by atoms with Crippen LogP contribution in [0.25, 0.3) is 0 Å². The van der Waals surface area contributed by atoms with Crippen LogP contribution in [0.1, 0.15) is 5.56 Å². The van der Waals surface area contributed by atoms with Crippen molar-refractivity contribution >= 4 is 0 Å². The molecule has 0 bridgehead atoms. The summed E-state index contributed by atoms with van der Waals surface area (Å²) in [6.07, 6.45) is 0.937. The molecule has 0 saturated carbocycles. The maximum absolute atomic E-state index is 10.0. The lowest BCUT2D eigenvalue weighted by Crippen LogP contribution is -1.97. The van der Waals surface area contributed by atoms with Crippen molar-refractivity contribution in [1.29, 1.82) is 0 Å². The average molecular weight is 162 g/mol. The van der Waals surface area contributed by atoms with Crippen molar-refractivity contribution in [3.8, 4) is 0 Å². The van der Waals surface area contributed by atoms with Crippen molar-refractivity contribution in [1.82, 2.24) is 5.01 Å². The molecule has 62 valence electrons. The minimum absolute atomic E-state index is 0.352. The zero-order valence-electron chi connectivity index (χ0n) is 6.68. The summed E-state index contributed by atoms with van der Waals surface area (Å²) < 4.78 is 0. The van der Waals surface area contributed by atoms with Gasteiger partial charge in [-0.15, -0.1) is 4.91 Å². The third kappa shape index (κ3) is 1.44. The smallest absolute Gasteiger partial charge is 0.0736 e. The molecule has 1 fully saturated rings. The fourth-order valence-electron chi connectivity index (χ4n) is 1.32. The van der Waals surface area contributed by atoms with E-state index in [1.807, 2.05) is 18.2 Å². The first-order chi connectivity index (χ1) is 5.90. The van der Waals surface area contributed by atoms with Crippen LogP contribution in [0.15, 0.2) is 35.6 Å². The van der Waals surface area contributed by atoms with Gasteiger partial charge in [0.1, 0.15) is 0 Å². The van der Waals surface area contributed by atoms with E-state index in [4.69, 9.17) is 0 Å². The van der Waals surface area contributed by atoms with Gasteiger partial charge in [0.2, 0.25) is 0 Å². The van der Waals surface area contributed by atoms with Gasteiger partial charge in [0, 0.05) is 0 Å². The summed E-state index contributed by atoms with van der Waals surface area (Å²) in [5.41, 5.74) is 1.27. The molecule has 1 saturated heterocycles. The van der Waals surface area contributed by atoms with E-state index in [1.54, 1.807) is 5.01 Å². The van der Waals surface area contributed by atoms with Crippen LogP contribution >= 0.6 is 0 Å². The summed E-state index contributed by atoms with van der Waals surface area (Å²) in [6.45, 7) is 0.818. The molecular weight excluding hydrogens is 152 g/mol. The average Bonchev–Trinajstić information content (AvgIpc) is 2.85.